The van der Waals surface area contributed by atoms with Crippen molar-refractivity contribution in [1.82, 2.24) is 14.5 Å². The van der Waals surface area contributed by atoms with Gasteiger partial charge in [0.25, 0.3) is 0 Å². The largest absolute Gasteiger partial charge is 0.493 e. The number of benzene rings is 2. The van der Waals surface area contributed by atoms with Crippen molar-refractivity contribution >= 4 is 10.0 Å². The number of H-pyrrole nitrogens is 1. The number of hydrogen-bond acceptors (Lipinski definition) is 4. The second-order valence-electron chi connectivity index (χ2n) is 7.97. The van der Waals surface area contributed by atoms with Crippen LogP contribution in [0.1, 0.15) is 34.9 Å². The zero-order valence-corrected chi connectivity index (χ0v) is 18.5. The van der Waals surface area contributed by atoms with Crippen LogP contribution in [-0.2, 0) is 16.4 Å². The van der Waals surface area contributed by atoms with Crippen molar-refractivity contribution in [2.24, 2.45) is 0 Å². The Labute approximate surface area is 182 Å². The fraction of sp³-hybridized carbons (Fsp3) is 0.348. The minimum Gasteiger partial charge on any atom is -0.493 e. The van der Waals surface area contributed by atoms with Gasteiger partial charge in [-0.15, -0.1) is 0 Å². The molecule has 2 aromatic carbocycles. The summed E-state index contributed by atoms with van der Waals surface area (Å²) in [4.78, 5) is 0.344. The van der Waals surface area contributed by atoms with E-state index in [0.29, 0.717) is 36.8 Å². The van der Waals surface area contributed by atoms with Crippen LogP contribution in [-0.4, -0.2) is 42.6 Å². The fourth-order valence-corrected chi connectivity index (χ4v) is 5.32. The fourth-order valence-electron chi connectivity index (χ4n) is 3.74. The number of aryl methyl sites for hydroxylation is 2. The van der Waals surface area contributed by atoms with Gasteiger partial charge in [0.2, 0.25) is 10.0 Å². The number of aromatic nitrogens is 2. The topological polar surface area (TPSA) is 75.3 Å². The van der Waals surface area contributed by atoms with E-state index in [1.165, 1.54) is 12.1 Å². The first-order valence-corrected chi connectivity index (χ1v) is 11.8. The number of aromatic amines is 1. The summed E-state index contributed by atoms with van der Waals surface area (Å²) in [6.07, 6.45) is 1.36. The molecule has 31 heavy (non-hydrogen) atoms. The lowest BCUT2D eigenvalue weighted by Gasteiger charge is -2.17. The molecule has 1 saturated heterocycles. The lowest BCUT2D eigenvalue weighted by atomic mass is 10.0. The predicted molar refractivity (Wildman–Crippen MR) is 116 cm³/mol. The van der Waals surface area contributed by atoms with Crippen molar-refractivity contribution in [2.75, 3.05) is 19.7 Å². The Morgan fingerprint density at radius 3 is 2.65 bits per heavy atom. The number of nitrogens with one attached hydrogen (secondary N) is 1. The van der Waals surface area contributed by atoms with Gasteiger partial charge in [0.15, 0.2) is 0 Å². The van der Waals surface area contributed by atoms with Crippen molar-refractivity contribution < 1.29 is 17.5 Å². The Morgan fingerprint density at radius 2 is 1.90 bits per heavy atom. The van der Waals surface area contributed by atoms with Crippen molar-refractivity contribution in [3.8, 4) is 5.75 Å². The highest BCUT2D eigenvalue weighted by Gasteiger charge is 2.34. The van der Waals surface area contributed by atoms with Crippen LogP contribution >= 0.6 is 0 Å². The second-order valence-corrected chi connectivity index (χ2v) is 9.90. The molecule has 0 bridgehead atoms. The standard InChI is InChI=1S/C23H26FN3O3S/c1-16-3-8-22(13-17(16)2)31(28,29)27-11-9-18(15-27)23-14-20(25-26-23)10-12-30-21-6-4-19(24)5-7-21/h3-8,13-14,18H,9-12,15H2,1-2H3,(H,25,26). The molecule has 0 radical (unpaired) electrons. The molecule has 1 N–H and O–H groups in total. The lowest BCUT2D eigenvalue weighted by Crippen LogP contribution is -2.28. The van der Waals surface area contributed by atoms with Gasteiger partial charge in [-0.05, 0) is 73.9 Å². The van der Waals surface area contributed by atoms with Crippen LogP contribution in [0.4, 0.5) is 4.39 Å². The van der Waals surface area contributed by atoms with Crippen molar-refractivity contribution in [1.29, 1.82) is 0 Å². The summed E-state index contributed by atoms with van der Waals surface area (Å²) in [5.41, 5.74) is 3.84. The molecule has 6 nitrogen and oxygen atoms in total. The Bertz CT molecular complexity index is 1160. The molecule has 0 aliphatic carbocycles. The highest BCUT2D eigenvalue weighted by Crippen LogP contribution is 2.31. The number of hydrogen-bond donors (Lipinski definition) is 1. The minimum atomic E-state index is -3.51. The van der Waals surface area contributed by atoms with E-state index in [1.807, 2.05) is 26.0 Å². The first-order chi connectivity index (χ1) is 14.8. The molecule has 1 atom stereocenters. The zero-order valence-electron chi connectivity index (χ0n) is 17.6. The summed E-state index contributed by atoms with van der Waals surface area (Å²) in [6.45, 7) is 5.23. The van der Waals surface area contributed by atoms with E-state index in [2.05, 4.69) is 10.2 Å². The number of sulfonamides is 1. The van der Waals surface area contributed by atoms with E-state index in [4.69, 9.17) is 4.74 Å². The Morgan fingerprint density at radius 1 is 1.13 bits per heavy atom. The summed E-state index contributed by atoms with van der Waals surface area (Å²) in [5.74, 6) is 0.379. The summed E-state index contributed by atoms with van der Waals surface area (Å²) >= 11 is 0. The molecule has 0 amide bonds. The van der Waals surface area contributed by atoms with Crippen molar-refractivity contribution in [2.45, 2.75) is 37.5 Å². The number of nitrogens with zero attached hydrogens (tertiary/aromatic N) is 2. The van der Waals surface area contributed by atoms with Gasteiger partial charge in [-0.2, -0.15) is 9.40 Å². The zero-order chi connectivity index (χ0) is 22.0. The first-order valence-electron chi connectivity index (χ1n) is 10.3. The third-order valence-electron chi connectivity index (χ3n) is 5.79. The average Bonchev–Trinajstić information content (AvgIpc) is 3.41. The maximum absolute atomic E-state index is 13.0. The molecule has 1 aromatic heterocycles. The molecule has 1 unspecified atom stereocenters. The summed E-state index contributed by atoms with van der Waals surface area (Å²) in [6, 6.07) is 13.2. The lowest BCUT2D eigenvalue weighted by molar-refractivity contribution is 0.320. The molecular weight excluding hydrogens is 417 g/mol. The first kappa shape index (κ1) is 21.5. The molecule has 1 aliphatic rings. The third kappa shape index (κ3) is 4.80. The molecule has 8 heteroatoms. The number of rotatable bonds is 7. The van der Waals surface area contributed by atoms with Crippen molar-refractivity contribution in [3.05, 3.63) is 76.9 Å². The average molecular weight is 444 g/mol. The van der Waals surface area contributed by atoms with Gasteiger partial charge in [-0.25, -0.2) is 12.8 Å². The van der Waals surface area contributed by atoms with Gasteiger partial charge in [-0.3, -0.25) is 5.10 Å². The molecule has 1 fully saturated rings. The Kier molecular flexibility index (Phi) is 6.11. The molecule has 3 aromatic rings. The van der Waals surface area contributed by atoms with Crippen LogP contribution in [0, 0.1) is 19.7 Å². The molecule has 2 heterocycles. The van der Waals surface area contributed by atoms with Gasteiger partial charge in [0, 0.05) is 31.1 Å². The molecule has 164 valence electrons. The van der Waals surface area contributed by atoms with Crippen LogP contribution in [0.25, 0.3) is 0 Å². The van der Waals surface area contributed by atoms with E-state index in [-0.39, 0.29) is 11.7 Å². The van der Waals surface area contributed by atoms with E-state index in [0.717, 1.165) is 28.9 Å². The highest BCUT2D eigenvalue weighted by atomic mass is 32.2. The molecule has 4 rings (SSSR count). The monoisotopic (exact) mass is 443 g/mol. The maximum atomic E-state index is 13.0. The van der Waals surface area contributed by atoms with E-state index in [9.17, 15) is 12.8 Å². The highest BCUT2D eigenvalue weighted by molar-refractivity contribution is 7.89. The second kappa shape index (κ2) is 8.80. The normalized spacial score (nSPS) is 17.2. The molecule has 0 saturated carbocycles. The Balaban J connectivity index is 1.35. The Hall–Kier alpha value is -2.71. The van der Waals surface area contributed by atoms with Crippen LogP contribution in [0.15, 0.2) is 53.4 Å². The molecule has 1 aliphatic heterocycles. The van der Waals surface area contributed by atoms with E-state index in [1.54, 1.807) is 28.6 Å². The quantitative estimate of drug-likeness (QED) is 0.600. The number of halogens is 1. The minimum absolute atomic E-state index is 0.0596. The summed E-state index contributed by atoms with van der Waals surface area (Å²) in [7, 11) is -3.51. The van der Waals surface area contributed by atoms with Crippen LogP contribution in [0.3, 0.4) is 0 Å². The number of ether oxygens (including phenoxy) is 1. The SMILES string of the molecule is Cc1ccc(S(=O)(=O)N2CCC(c3cc(CCOc4ccc(F)cc4)[nH]n3)C2)cc1C. The smallest absolute Gasteiger partial charge is 0.243 e. The van der Waals surface area contributed by atoms with Crippen LogP contribution in [0.2, 0.25) is 0 Å². The maximum Gasteiger partial charge on any atom is 0.243 e. The van der Waals surface area contributed by atoms with Crippen LogP contribution in [0.5, 0.6) is 5.75 Å². The van der Waals surface area contributed by atoms with E-state index >= 15 is 0 Å². The summed E-state index contributed by atoms with van der Waals surface area (Å²) in [5, 5.41) is 7.42. The van der Waals surface area contributed by atoms with Gasteiger partial charge >= 0.3 is 0 Å². The van der Waals surface area contributed by atoms with Gasteiger partial charge < -0.3 is 4.74 Å². The molecule has 0 spiro atoms. The predicted octanol–water partition coefficient (Wildman–Crippen LogP) is 3.97. The molecular formula is C23H26FN3O3S. The van der Waals surface area contributed by atoms with Crippen molar-refractivity contribution in [3.63, 3.8) is 0 Å². The van der Waals surface area contributed by atoms with E-state index < -0.39 is 10.0 Å². The third-order valence-corrected chi connectivity index (χ3v) is 7.65. The van der Waals surface area contributed by atoms with Gasteiger partial charge in [0.05, 0.1) is 17.2 Å². The van der Waals surface area contributed by atoms with Crippen LogP contribution < -0.4 is 4.74 Å². The summed E-state index contributed by atoms with van der Waals surface area (Å²) < 4.78 is 46.2. The van der Waals surface area contributed by atoms with Gasteiger partial charge in [0.1, 0.15) is 11.6 Å². The van der Waals surface area contributed by atoms with Gasteiger partial charge in [-0.1, -0.05) is 6.07 Å².